The number of hydrogen-bond acceptors (Lipinski definition) is 1. The van der Waals surface area contributed by atoms with Gasteiger partial charge in [-0.05, 0) is 37.5 Å². The van der Waals surface area contributed by atoms with E-state index in [1.807, 2.05) is 19.9 Å². The summed E-state index contributed by atoms with van der Waals surface area (Å²) < 4.78 is 0. The Balaban J connectivity index is 0.000000921. The van der Waals surface area contributed by atoms with E-state index in [2.05, 4.69) is 38.4 Å². The van der Waals surface area contributed by atoms with Crippen LogP contribution < -0.4 is 0 Å². The molecule has 15 heavy (non-hydrogen) atoms. The molecule has 0 radical (unpaired) electrons. The Morgan fingerprint density at radius 1 is 1.40 bits per heavy atom. The Hall–Kier alpha value is -1.11. The Bertz CT molecular complexity index is 303. The van der Waals surface area contributed by atoms with Crippen molar-refractivity contribution >= 4 is 5.71 Å². The van der Waals surface area contributed by atoms with Gasteiger partial charge in [0.2, 0.25) is 0 Å². The van der Waals surface area contributed by atoms with E-state index in [-0.39, 0.29) is 0 Å². The lowest BCUT2D eigenvalue weighted by molar-refractivity contribution is 1.14. The SMILES string of the molecule is C=C/C(=C\C1=C(C)CC(C)=N1)CC.CC. The highest BCUT2D eigenvalue weighted by molar-refractivity contribution is 5.88. The first kappa shape index (κ1) is 13.9. The van der Waals surface area contributed by atoms with Crippen LogP contribution in [0.15, 0.2) is 40.6 Å². The van der Waals surface area contributed by atoms with Crippen LogP contribution in [-0.2, 0) is 0 Å². The Morgan fingerprint density at radius 3 is 2.33 bits per heavy atom. The van der Waals surface area contributed by atoms with Crippen LogP contribution in [0.25, 0.3) is 0 Å². The lowest BCUT2D eigenvalue weighted by atomic mass is 10.1. The van der Waals surface area contributed by atoms with Crippen molar-refractivity contribution in [1.29, 1.82) is 0 Å². The van der Waals surface area contributed by atoms with E-state index in [0.29, 0.717) is 0 Å². The van der Waals surface area contributed by atoms with E-state index >= 15 is 0 Å². The van der Waals surface area contributed by atoms with Gasteiger partial charge in [-0.2, -0.15) is 0 Å². The number of hydrogen-bond donors (Lipinski definition) is 0. The molecule has 84 valence electrons. The van der Waals surface area contributed by atoms with Crippen molar-refractivity contribution in [2.75, 3.05) is 0 Å². The van der Waals surface area contributed by atoms with Gasteiger partial charge in [0.15, 0.2) is 0 Å². The third-order valence-electron chi connectivity index (χ3n) is 2.26. The summed E-state index contributed by atoms with van der Waals surface area (Å²) in [6.07, 6.45) is 6.09. The number of nitrogens with zero attached hydrogens (tertiary/aromatic N) is 1. The van der Waals surface area contributed by atoms with Crippen molar-refractivity contribution < 1.29 is 0 Å². The van der Waals surface area contributed by atoms with E-state index in [0.717, 1.165) is 18.5 Å². The monoisotopic (exact) mass is 205 g/mol. The average Bonchev–Trinajstić information content (AvgIpc) is 2.56. The molecule has 1 heteroatoms. The minimum absolute atomic E-state index is 1.02. The number of rotatable bonds is 3. The van der Waals surface area contributed by atoms with Crippen LogP contribution in [0.2, 0.25) is 0 Å². The molecule has 0 N–H and O–H groups in total. The maximum Gasteiger partial charge on any atom is 0.0624 e. The molecule has 0 aromatic carbocycles. The van der Waals surface area contributed by atoms with E-state index in [4.69, 9.17) is 0 Å². The normalized spacial score (nSPS) is 15.8. The van der Waals surface area contributed by atoms with Crippen molar-refractivity contribution in [1.82, 2.24) is 0 Å². The highest BCUT2D eigenvalue weighted by Crippen LogP contribution is 2.22. The lowest BCUT2D eigenvalue weighted by Crippen LogP contribution is -1.82. The van der Waals surface area contributed by atoms with E-state index < -0.39 is 0 Å². The molecule has 1 nitrogen and oxygen atoms in total. The van der Waals surface area contributed by atoms with Crippen LogP contribution in [-0.4, -0.2) is 5.71 Å². The molecule has 0 aromatic heterocycles. The summed E-state index contributed by atoms with van der Waals surface area (Å²) in [7, 11) is 0. The van der Waals surface area contributed by atoms with Crippen molar-refractivity contribution in [2.45, 2.75) is 47.5 Å². The zero-order valence-electron chi connectivity index (χ0n) is 10.7. The summed E-state index contributed by atoms with van der Waals surface area (Å²) in [5, 5.41) is 0. The number of allylic oxidation sites excluding steroid dienone is 4. The zero-order chi connectivity index (χ0) is 11.8. The first-order chi connectivity index (χ1) is 7.17. The fraction of sp³-hybridized carbons (Fsp3) is 0.500. The van der Waals surface area contributed by atoms with Crippen LogP contribution in [0.5, 0.6) is 0 Å². The maximum absolute atomic E-state index is 4.48. The van der Waals surface area contributed by atoms with Gasteiger partial charge in [-0.25, -0.2) is 0 Å². The molecule has 0 atom stereocenters. The first-order valence-corrected chi connectivity index (χ1v) is 5.74. The summed E-state index contributed by atoms with van der Waals surface area (Å²) in [4.78, 5) is 4.48. The Labute approximate surface area is 94.3 Å². The fourth-order valence-corrected chi connectivity index (χ4v) is 1.45. The van der Waals surface area contributed by atoms with Crippen LogP contribution in [0.3, 0.4) is 0 Å². The van der Waals surface area contributed by atoms with Gasteiger partial charge >= 0.3 is 0 Å². The van der Waals surface area contributed by atoms with Gasteiger partial charge in [-0.3, -0.25) is 4.99 Å². The second kappa shape index (κ2) is 7.22. The molecule has 0 spiro atoms. The average molecular weight is 205 g/mol. The highest BCUT2D eigenvalue weighted by Gasteiger charge is 2.08. The standard InChI is InChI=1S/C12H17N.C2H6/c1-5-11(6-2)8-12-9(3)7-10(4)13-12;1-2/h5,8H,1,6-7H2,2-4H3;1-2H3/b11-8+;. The molecule has 0 amide bonds. The van der Waals surface area contributed by atoms with Gasteiger partial charge in [0.1, 0.15) is 0 Å². The minimum atomic E-state index is 1.02. The predicted octanol–water partition coefficient (Wildman–Crippen LogP) is 4.67. The van der Waals surface area contributed by atoms with Crippen LogP contribution in [0.1, 0.15) is 47.5 Å². The number of aliphatic imine (C=N–C) groups is 1. The molecule has 0 unspecified atom stereocenters. The minimum Gasteiger partial charge on any atom is -0.258 e. The third kappa shape index (κ3) is 4.28. The van der Waals surface area contributed by atoms with E-state index in [1.165, 1.54) is 16.9 Å². The van der Waals surface area contributed by atoms with E-state index in [1.54, 1.807) is 0 Å². The smallest absolute Gasteiger partial charge is 0.0624 e. The van der Waals surface area contributed by atoms with Crippen molar-refractivity contribution in [2.24, 2.45) is 4.99 Å². The summed E-state index contributed by atoms with van der Waals surface area (Å²) in [6.45, 7) is 14.1. The first-order valence-electron chi connectivity index (χ1n) is 5.74. The molecule has 0 bridgehead atoms. The molecule has 1 aliphatic rings. The van der Waals surface area contributed by atoms with Gasteiger partial charge in [0.25, 0.3) is 0 Å². The Kier molecular flexibility index (Phi) is 6.68. The van der Waals surface area contributed by atoms with Crippen LogP contribution >= 0.6 is 0 Å². The Morgan fingerprint density at radius 2 is 2.00 bits per heavy atom. The molecule has 1 aliphatic heterocycles. The largest absolute Gasteiger partial charge is 0.258 e. The summed E-state index contributed by atoms with van der Waals surface area (Å²) in [5.74, 6) is 0. The van der Waals surface area contributed by atoms with Crippen molar-refractivity contribution in [3.63, 3.8) is 0 Å². The molecule has 0 aliphatic carbocycles. The molecular formula is C14H23N. The van der Waals surface area contributed by atoms with Gasteiger partial charge in [-0.1, -0.05) is 33.4 Å². The molecule has 0 saturated carbocycles. The molecule has 0 aromatic rings. The van der Waals surface area contributed by atoms with Gasteiger partial charge < -0.3 is 0 Å². The fourth-order valence-electron chi connectivity index (χ4n) is 1.45. The topological polar surface area (TPSA) is 12.4 Å². The van der Waals surface area contributed by atoms with E-state index in [9.17, 15) is 0 Å². The zero-order valence-corrected chi connectivity index (χ0v) is 10.7. The summed E-state index contributed by atoms with van der Waals surface area (Å²) >= 11 is 0. The second-order valence-electron chi connectivity index (χ2n) is 3.47. The van der Waals surface area contributed by atoms with Crippen molar-refractivity contribution in [3.05, 3.63) is 35.6 Å². The van der Waals surface area contributed by atoms with Gasteiger partial charge in [0, 0.05) is 12.1 Å². The van der Waals surface area contributed by atoms with Gasteiger partial charge in [-0.15, -0.1) is 0 Å². The van der Waals surface area contributed by atoms with Gasteiger partial charge in [0.05, 0.1) is 5.70 Å². The molecule has 1 rings (SSSR count). The lowest BCUT2D eigenvalue weighted by Gasteiger charge is -1.97. The highest BCUT2D eigenvalue weighted by atomic mass is 14.8. The van der Waals surface area contributed by atoms with Crippen LogP contribution in [0.4, 0.5) is 0 Å². The third-order valence-corrected chi connectivity index (χ3v) is 2.26. The molecule has 0 fully saturated rings. The van der Waals surface area contributed by atoms with Crippen molar-refractivity contribution in [3.8, 4) is 0 Å². The van der Waals surface area contributed by atoms with Crippen LogP contribution in [0, 0.1) is 0 Å². The molecule has 0 saturated heterocycles. The summed E-state index contributed by atoms with van der Waals surface area (Å²) in [6, 6.07) is 0. The second-order valence-corrected chi connectivity index (χ2v) is 3.47. The predicted molar refractivity (Wildman–Crippen MR) is 70.3 cm³/mol. The summed E-state index contributed by atoms with van der Waals surface area (Å²) in [5.41, 5.74) is 4.97. The molecular weight excluding hydrogens is 182 g/mol. The maximum atomic E-state index is 4.48. The molecule has 1 heterocycles. The quantitative estimate of drug-likeness (QED) is 0.593.